The summed E-state index contributed by atoms with van der Waals surface area (Å²) in [5.74, 6) is -0.979. The van der Waals surface area contributed by atoms with Crippen LogP contribution in [0.4, 0.5) is 5.13 Å². The second-order valence-corrected chi connectivity index (χ2v) is 13.2. The van der Waals surface area contributed by atoms with Crippen molar-refractivity contribution in [2.24, 2.45) is 5.92 Å². The number of nitrogens with one attached hydrogen (secondary N) is 1. The highest BCUT2D eigenvalue weighted by Crippen LogP contribution is 2.32. The van der Waals surface area contributed by atoms with Crippen LogP contribution in [0.15, 0.2) is 21.9 Å². The van der Waals surface area contributed by atoms with Gasteiger partial charge in [-0.3, -0.25) is 9.59 Å². The molecule has 13 heteroatoms. The second-order valence-electron chi connectivity index (χ2n) is 9.08. The first-order chi connectivity index (χ1) is 17.2. The summed E-state index contributed by atoms with van der Waals surface area (Å²) < 4.78 is 32.5. The number of ether oxygens (including phenoxy) is 1. The van der Waals surface area contributed by atoms with Gasteiger partial charge < -0.3 is 15.0 Å². The first-order valence-corrected chi connectivity index (χ1v) is 15.0. The second kappa shape index (κ2) is 11.4. The zero-order valence-electron chi connectivity index (χ0n) is 20.3. The summed E-state index contributed by atoms with van der Waals surface area (Å²) in [6, 6.07) is 0.786. The van der Waals surface area contributed by atoms with Gasteiger partial charge in [-0.15, -0.1) is 22.7 Å². The Morgan fingerprint density at radius 1 is 1.25 bits per heavy atom. The minimum Gasteiger partial charge on any atom is -0.465 e. The van der Waals surface area contributed by atoms with Crippen molar-refractivity contribution in [3.05, 3.63) is 28.1 Å². The molecule has 0 bridgehead atoms. The Kier molecular flexibility index (Phi) is 8.43. The minimum atomic E-state index is -4.00. The smallest absolute Gasteiger partial charge is 0.348 e. The average molecular weight is 555 g/mol. The molecule has 10 nitrogen and oxygen atoms in total. The van der Waals surface area contributed by atoms with Crippen LogP contribution < -0.4 is 5.32 Å². The van der Waals surface area contributed by atoms with Crippen LogP contribution in [0.1, 0.15) is 53.8 Å². The van der Waals surface area contributed by atoms with Crippen molar-refractivity contribution in [3.63, 3.8) is 0 Å². The van der Waals surface area contributed by atoms with E-state index in [1.807, 2.05) is 0 Å². The lowest BCUT2D eigenvalue weighted by atomic mass is 9.84. The van der Waals surface area contributed by atoms with Gasteiger partial charge >= 0.3 is 5.97 Å². The molecule has 0 spiro atoms. The van der Waals surface area contributed by atoms with Gasteiger partial charge in [0.15, 0.2) is 5.13 Å². The molecule has 1 saturated heterocycles. The van der Waals surface area contributed by atoms with Crippen molar-refractivity contribution >= 4 is 55.6 Å². The van der Waals surface area contributed by atoms with Gasteiger partial charge in [0.05, 0.1) is 13.7 Å². The minimum absolute atomic E-state index is 0.0180. The first kappa shape index (κ1) is 26.7. The number of rotatable bonds is 8. The monoisotopic (exact) mass is 554 g/mol. The Labute approximate surface area is 218 Å². The largest absolute Gasteiger partial charge is 0.465 e. The molecule has 1 aliphatic heterocycles. The standard InChI is InChI=1S/C23H30N4O6S3/c1-15-12-18(21(30)33-2)35-22(15)36(31,32)26-9-10-27(19(28)14-26)17(13-16-6-4-3-5-7-16)20(29)25-23-24-8-11-34-23/h8,11-12,16-17H,3-7,9-10,13-14H2,1-2H3,(H,24,25,29)/t17-/m0/s1. The summed E-state index contributed by atoms with van der Waals surface area (Å²) in [5, 5.41) is 5.06. The maximum Gasteiger partial charge on any atom is 0.348 e. The third kappa shape index (κ3) is 5.79. The molecule has 36 heavy (non-hydrogen) atoms. The molecule has 0 unspecified atom stereocenters. The Morgan fingerprint density at radius 2 is 2.00 bits per heavy atom. The van der Waals surface area contributed by atoms with E-state index in [1.165, 1.54) is 35.8 Å². The van der Waals surface area contributed by atoms with Crippen LogP contribution in [0.25, 0.3) is 0 Å². The van der Waals surface area contributed by atoms with E-state index in [0.29, 0.717) is 23.0 Å². The van der Waals surface area contributed by atoms with Crippen LogP contribution in [0.3, 0.4) is 0 Å². The van der Waals surface area contributed by atoms with Crippen molar-refractivity contribution in [2.45, 2.75) is 55.7 Å². The number of anilines is 1. The summed E-state index contributed by atoms with van der Waals surface area (Å²) in [4.78, 5) is 44.2. The highest BCUT2D eigenvalue weighted by molar-refractivity contribution is 7.91. The van der Waals surface area contributed by atoms with Gasteiger partial charge in [0, 0.05) is 24.7 Å². The number of nitrogens with zero attached hydrogens (tertiary/aromatic N) is 3. The quantitative estimate of drug-likeness (QED) is 0.497. The number of thiazole rings is 1. The number of carbonyl (C=O) groups is 3. The number of amides is 2. The number of hydrogen-bond acceptors (Lipinski definition) is 9. The molecule has 4 rings (SSSR count). The zero-order valence-corrected chi connectivity index (χ0v) is 22.7. The molecule has 2 aliphatic rings. The molecule has 3 heterocycles. The van der Waals surface area contributed by atoms with E-state index in [2.05, 4.69) is 10.3 Å². The summed E-state index contributed by atoms with van der Waals surface area (Å²) in [6.45, 7) is 1.41. The number of thiophene rings is 1. The molecule has 196 valence electrons. The Hall–Kier alpha value is -2.35. The Balaban J connectivity index is 1.51. The normalized spacial score (nSPS) is 18.7. The predicted molar refractivity (Wildman–Crippen MR) is 137 cm³/mol. The maximum absolute atomic E-state index is 13.3. The van der Waals surface area contributed by atoms with Crippen molar-refractivity contribution in [3.8, 4) is 0 Å². The molecule has 2 aromatic rings. The van der Waals surface area contributed by atoms with Gasteiger partial charge in [-0.2, -0.15) is 4.31 Å². The lowest BCUT2D eigenvalue weighted by molar-refractivity contribution is -0.142. The molecular formula is C23H30N4O6S3. The van der Waals surface area contributed by atoms with Crippen molar-refractivity contribution < 1.29 is 27.5 Å². The summed E-state index contributed by atoms with van der Waals surface area (Å²) in [5.41, 5.74) is 0.424. The zero-order chi connectivity index (χ0) is 25.9. The number of hydrogen-bond donors (Lipinski definition) is 1. The molecule has 0 radical (unpaired) electrons. The van der Waals surface area contributed by atoms with E-state index < -0.39 is 27.9 Å². The fourth-order valence-corrected chi connectivity index (χ4v) is 8.49. The van der Waals surface area contributed by atoms with Crippen molar-refractivity contribution in [1.82, 2.24) is 14.2 Å². The van der Waals surface area contributed by atoms with Crippen LogP contribution in [0.5, 0.6) is 0 Å². The molecule has 2 aromatic heterocycles. The molecule has 1 N–H and O–H groups in total. The molecule has 1 atom stereocenters. The topological polar surface area (TPSA) is 126 Å². The third-order valence-corrected chi connectivity index (χ3v) is 11.0. The molecule has 0 aromatic carbocycles. The fraction of sp³-hybridized carbons (Fsp3) is 0.565. The van der Waals surface area contributed by atoms with E-state index in [1.54, 1.807) is 18.5 Å². The van der Waals surface area contributed by atoms with Gasteiger partial charge in [-0.1, -0.05) is 32.1 Å². The third-order valence-electron chi connectivity index (χ3n) is 6.68. The molecule has 1 saturated carbocycles. The summed E-state index contributed by atoms with van der Waals surface area (Å²) in [7, 11) is -2.76. The van der Waals surface area contributed by atoms with Crippen LogP contribution in [0, 0.1) is 12.8 Å². The van der Waals surface area contributed by atoms with Gasteiger partial charge in [-0.25, -0.2) is 18.2 Å². The van der Waals surface area contributed by atoms with E-state index in [0.717, 1.165) is 41.3 Å². The van der Waals surface area contributed by atoms with Crippen LogP contribution in [-0.2, 0) is 24.3 Å². The number of sulfonamides is 1. The first-order valence-electron chi connectivity index (χ1n) is 11.9. The van der Waals surface area contributed by atoms with Gasteiger partial charge in [-0.05, 0) is 30.9 Å². The number of methoxy groups -OCH3 is 1. The number of aryl methyl sites for hydroxylation is 1. The predicted octanol–water partition coefficient (Wildman–Crippen LogP) is 3.11. The lowest BCUT2D eigenvalue weighted by Gasteiger charge is -2.39. The van der Waals surface area contributed by atoms with Gasteiger partial charge in [0.2, 0.25) is 11.8 Å². The van der Waals surface area contributed by atoms with E-state index in [9.17, 15) is 22.8 Å². The number of carbonyl (C=O) groups excluding carboxylic acids is 3. The molecular weight excluding hydrogens is 524 g/mol. The van der Waals surface area contributed by atoms with E-state index in [-0.39, 0.29) is 34.6 Å². The molecule has 2 fully saturated rings. The Bertz CT molecular complexity index is 1200. The number of aromatic nitrogens is 1. The average Bonchev–Trinajstić information content (AvgIpc) is 3.52. The SMILES string of the molecule is COC(=O)c1cc(C)c(S(=O)(=O)N2CCN([C@@H](CC3CCCCC3)C(=O)Nc3nccs3)C(=O)C2)s1. The fourth-order valence-electron chi connectivity index (χ4n) is 4.83. The lowest BCUT2D eigenvalue weighted by Crippen LogP contribution is -2.58. The Morgan fingerprint density at radius 3 is 2.64 bits per heavy atom. The summed E-state index contributed by atoms with van der Waals surface area (Å²) in [6.07, 6.45) is 7.58. The van der Waals surface area contributed by atoms with Crippen LogP contribution >= 0.6 is 22.7 Å². The van der Waals surface area contributed by atoms with Crippen LogP contribution in [-0.4, -0.2) is 73.2 Å². The highest BCUT2D eigenvalue weighted by Gasteiger charge is 2.40. The maximum atomic E-state index is 13.3. The van der Waals surface area contributed by atoms with Gasteiger partial charge in [0.25, 0.3) is 10.0 Å². The van der Waals surface area contributed by atoms with E-state index in [4.69, 9.17) is 4.74 Å². The molecule has 2 amide bonds. The number of piperazine rings is 1. The highest BCUT2D eigenvalue weighted by atomic mass is 32.2. The summed E-state index contributed by atoms with van der Waals surface area (Å²) >= 11 is 2.14. The van der Waals surface area contributed by atoms with Crippen molar-refractivity contribution in [2.75, 3.05) is 32.1 Å². The van der Waals surface area contributed by atoms with Crippen molar-refractivity contribution in [1.29, 1.82) is 0 Å². The molecule has 1 aliphatic carbocycles. The van der Waals surface area contributed by atoms with Gasteiger partial charge in [0.1, 0.15) is 15.1 Å². The number of esters is 1. The van der Waals surface area contributed by atoms with E-state index >= 15 is 0 Å². The van der Waals surface area contributed by atoms with Crippen LogP contribution in [0.2, 0.25) is 0 Å².